The van der Waals surface area contributed by atoms with Crippen molar-refractivity contribution in [2.45, 2.75) is 30.8 Å². The highest BCUT2D eigenvalue weighted by Crippen LogP contribution is 2.61. The normalized spacial score (nSPS) is 23.6. The predicted molar refractivity (Wildman–Crippen MR) is 186 cm³/mol. The Morgan fingerprint density at radius 3 is 2.32 bits per heavy atom. The van der Waals surface area contributed by atoms with Crippen LogP contribution in [-0.2, 0) is 28.0 Å². The zero-order chi connectivity index (χ0) is 34.3. The molecule has 2 amide bonds. The molecule has 10 nitrogen and oxygen atoms in total. The molecule has 9 rings (SSSR count). The van der Waals surface area contributed by atoms with Crippen LogP contribution >= 0.6 is 11.6 Å². The third-order valence-corrected chi connectivity index (χ3v) is 10.8. The zero-order valence-corrected chi connectivity index (χ0v) is 27.2. The van der Waals surface area contributed by atoms with Crippen molar-refractivity contribution in [3.8, 4) is 17.2 Å². The highest BCUT2D eigenvalue weighted by atomic mass is 35.5. The Hall–Kier alpha value is -5.87. The largest absolute Gasteiger partial charge is 0.508 e. The van der Waals surface area contributed by atoms with Crippen LogP contribution in [0.5, 0.6) is 11.5 Å². The molecule has 4 heterocycles. The number of phenols is 1. The van der Waals surface area contributed by atoms with Gasteiger partial charge in [-0.3, -0.25) is 9.59 Å². The summed E-state index contributed by atoms with van der Waals surface area (Å²) in [4.78, 5) is 59.6. The molecule has 1 aromatic heterocycles. The summed E-state index contributed by atoms with van der Waals surface area (Å²) in [7, 11) is 0. The van der Waals surface area contributed by atoms with Crippen LogP contribution in [0.1, 0.15) is 23.6 Å². The Bertz CT molecular complexity index is 2430. The van der Waals surface area contributed by atoms with Gasteiger partial charge in [-0.1, -0.05) is 72.3 Å². The van der Waals surface area contributed by atoms with Crippen LogP contribution in [0.4, 0.5) is 5.69 Å². The molecule has 4 unspecified atom stereocenters. The average Bonchev–Trinajstić information content (AvgIpc) is 3.52. The number of aromatic hydroxyl groups is 1. The number of ether oxygens (including phenoxy) is 1. The van der Waals surface area contributed by atoms with Crippen molar-refractivity contribution >= 4 is 29.1 Å². The lowest BCUT2D eigenvalue weighted by molar-refractivity contribution is -0.125. The molecule has 0 radical (unpaired) electrons. The Morgan fingerprint density at radius 2 is 1.56 bits per heavy atom. The number of amides is 2. The Labute approximate surface area is 290 Å². The highest BCUT2D eigenvalue weighted by Gasteiger charge is 2.69. The molecule has 0 spiro atoms. The number of allylic oxidation sites excluding steroid dienone is 3. The first kappa shape index (κ1) is 30.2. The first-order chi connectivity index (χ1) is 24.3. The lowest BCUT2D eigenvalue weighted by Crippen LogP contribution is -2.55. The van der Waals surface area contributed by atoms with E-state index in [-0.39, 0.29) is 18.7 Å². The fourth-order valence-corrected chi connectivity index (χ4v) is 8.80. The second kappa shape index (κ2) is 11.1. The third-order valence-electron chi connectivity index (χ3n) is 10.6. The number of rotatable bonds is 4. The quantitative estimate of drug-likeness (QED) is 0.203. The van der Waals surface area contributed by atoms with Gasteiger partial charge >= 0.3 is 11.4 Å². The van der Waals surface area contributed by atoms with Crippen LogP contribution in [-0.4, -0.2) is 30.9 Å². The van der Waals surface area contributed by atoms with Gasteiger partial charge in [0.15, 0.2) is 0 Å². The summed E-state index contributed by atoms with van der Waals surface area (Å²) in [6, 6.07) is 28.8. The first-order valence-electron chi connectivity index (χ1n) is 16.4. The number of nitrogens with zero attached hydrogens (tertiary/aromatic N) is 4. The third kappa shape index (κ3) is 4.14. The van der Waals surface area contributed by atoms with Crippen LogP contribution in [0.3, 0.4) is 0 Å². The summed E-state index contributed by atoms with van der Waals surface area (Å²) in [5.74, 6) is -1.90. The number of para-hydroxylation sites is 1. The number of anilines is 1. The summed E-state index contributed by atoms with van der Waals surface area (Å²) in [6.45, 7) is 0.0808. The van der Waals surface area contributed by atoms with E-state index < -0.39 is 46.5 Å². The molecule has 2 fully saturated rings. The van der Waals surface area contributed by atoms with E-state index in [0.717, 1.165) is 10.1 Å². The fraction of sp³-hybridized carbons (Fsp3) is 0.179. The number of fused-ring (bicyclic) bond motifs is 5. The summed E-state index contributed by atoms with van der Waals surface area (Å²) in [6.07, 6.45) is 3.95. The topological polar surface area (TPSA) is 116 Å². The van der Waals surface area contributed by atoms with Crippen LogP contribution in [0.15, 0.2) is 136 Å². The van der Waals surface area contributed by atoms with Gasteiger partial charge < -0.3 is 9.84 Å². The molecule has 4 atom stereocenters. The maximum atomic E-state index is 15.4. The standard InChI is InChI=1S/C39H29ClN4O6/c40-26-10-7-13-28(20-26)42-35(46)31-21-32-30(16-17-41-37(48)43(38(49)44(32)41)27-11-5-2-6-12-27)34(39(31,36(42)47)25-8-3-1-4-9-25)24-18-23-19-29(45)14-15-33(23)50-22-24/h1-16,19-20,22,31-32,34,45H,17-18,21H2. The molecular formula is C39H29ClN4O6. The van der Waals surface area contributed by atoms with Crippen LogP contribution < -0.4 is 21.0 Å². The van der Waals surface area contributed by atoms with Crippen molar-refractivity contribution < 1.29 is 19.4 Å². The smallest absolute Gasteiger partial charge is 0.352 e. The Morgan fingerprint density at radius 1 is 0.820 bits per heavy atom. The number of halogens is 1. The van der Waals surface area contributed by atoms with E-state index in [1.165, 1.54) is 14.3 Å². The molecule has 11 heteroatoms. The van der Waals surface area contributed by atoms with Crippen LogP contribution in [0.25, 0.3) is 5.69 Å². The molecule has 1 saturated carbocycles. The van der Waals surface area contributed by atoms with Crippen molar-refractivity contribution in [1.29, 1.82) is 0 Å². The number of aromatic nitrogens is 3. The molecule has 4 aromatic carbocycles. The van der Waals surface area contributed by atoms with Crippen molar-refractivity contribution in [2.24, 2.45) is 11.8 Å². The van der Waals surface area contributed by atoms with Gasteiger partial charge in [-0.15, -0.1) is 0 Å². The van der Waals surface area contributed by atoms with Crippen LogP contribution in [0.2, 0.25) is 5.02 Å². The van der Waals surface area contributed by atoms with Crippen molar-refractivity contribution in [1.82, 2.24) is 13.9 Å². The average molecular weight is 685 g/mol. The number of phenolic OH excluding ortho intramolecular Hbond substituents is 1. The molecule has 3 aliphatic heterocycles. The maximum absolute atomic E-state index is 15.4. The molecule has 1 aliphatic carbocycles. The van der Waals surface area contributed by atoms with Gasteiger partial charge in [-0.25, -0.2) is 28.4 Å². The summed E-state index contributed by atoms with van der Waals surface area (Å²) in [5.41, 5.74) is 1.12. The monoisotopic (exact) mass is 684 g/mol. The highest BCUT2D eigenvalue weighted by molar-refractivity contribution is 6.32. The van der Waals surface area contributed by atoms with Gasteiger partial charge in [0.25, 0.3) is 0 Å². The molecule has 1 N–H and O–H groups in total. The van der Waals surface area contributed by atoms with E-state index in [9.17, 15) is 19.5 Å². The number of hydrogen-bond acceptors (Lipinski definition) is 6. The zero-order valence-electron chi connectivity index (χ0n) is 26.5. The van der Waals surface area contributed by atoms with Gasteiger partial charge in [0.1, 0.15) is 11.5 Å². The molecule has 248 valence electrons. The minimum Gasteiger partial charge on any atom is -0.508 e. The van der Waals surface area contributed by atoms with Crippen LogP contribution in [0, 0.1) is 11.8 Å². The van der Waals surface area contributed by atoms with Gasteiger partial charge in [-0.2, -0.15) is 0 Å². The fourth-order valence-electron chi connectivity index (χ4n) is 8.62. The Kier molecular flexibility index (Phi) is 6.69. The number of benzene rings is 4. The molecule has 1 saturated heterocycles. The minimum absolute atomic E-state index is 0.0692. The second-order valence-electron chi connectivity index (χ2n) is 13.1. The number of carbonyl (C=O) groups is 2. The van der Waals surface area contributed by atoms with E-state index in [0.29, 0.717) is 45.3 Å². The number of imide groups is 1. The van der Waals surface area contributed by atoms with Crippen molar-refractivity contribution in [2.75, 3.05) is 4.90 Å². The van der Waals surface area contributed by atoms with Crippen molar-refractivity contribution in [3.63, 3.8) is 0 Å². The second-order valence-corrected chi connectivity index (χ2v) is 13.5. The van der Waals surface area contributed by atoms with E-state index in [1.54, 1.807) is 73.0 Å². The van der Waals surface area contributed by atoms with E-state index in [4.69, 9.17) is 16.3 Å². The van der Waals surface area contributed by atoms with Gasteiger partial charge in [0.05, 0.1) is 41.6 Å². The van der Waals surface area contributed by atoms with E-state index in [1.807, 2.05) is 42.5 Å². The molecule has 50 heavy (non-hydrogen) atoms. The van der Waals surface area contributed by atoms with E-state index in [2.05, 4.69) is 0 Å². The molecule has 5 aromatic rings. The molecule has 4 aliphatic rings. The predicted octanol–water partition coefficient (Wildman–Crippen LogP) is 5.31. The van der Waals surface area contributed by atoms with Gasteiger partial charge in [0.2, 0.25) is 11.8 Å². The lowest BCUT2D eigenvalue weighted by Gasteiger charge is -2.50. The molecular weight excluding hydrogens is 656 g/mol. The summed E-state index contributed by atoms with van der Waals surface area (Å²) in [5, 5.41) is 10.8. The summed E-state index contributed by atoms with van der Waals surface area (Å²) < 4.78 is 10.2. The van der Waals surface area contributed by atoms with Gasteiger partial charge in [0, 0.05) is 22.9 Å². The first-order valence-corrected chi connectivity index (χ1v) is 16.7. The number of carbonyl (C=O) groups excluding carboxylic acids is 2. The van der Waals surface area contributed by atoms with Crippen molar-refractivity contribution in [3.05, 3.63) is 164 Å². The minimum atomic E-state index is -1.44. The van der Waals surface area contributed by atoms with Gasteiger partial charge in [-0.05, 0) is 71.7 Å². The SMILES string of the molecule is O=C1C2CC3C(=CCn4c(=O)n(-c5ccccc5)c(=O)n43)C(C3=COc4ccc(O)cc4C3)C2(c2ccccc2)C(=O)N1c1cccc(Cl)c1. The van der Waals surface area contributed by atoms with E-state index >= 15 is 4.79 Å². The number of hydrogen-bond donors (Lipinski definition) is 1. The lowest BCUT2D eigenvalue weighted by atomic mass is 9.52. The maximum Gasteiger partial charge on any atom is 0.352 e. The molecule has 0 bridgehead atoms. The Balaban J connectivity index is 1.30. The summed E-state index contributed by atoms with van der Waals surface area (Å²) >= 11 is 6.40.